The zero-order valence-corrected chi connectivity index (χ0v) is 15.6. The second kappa shape index (κ2) is 6.58. The van der Waals surface area contributed by atoms with Crippen LogP contribution in [-0.4, -0.2) is 16.3 Å². The van der Waals surface area contributed by atoms with Crippen molar-refractivity contribution in [3.63, 3.8) is 0 Å². The Morgan fingerprint density at radius 2 is 2.04 bits per heavy atom. The number of nitrogen functional groups attached to an aromatic ring is 1. The fourth-order valence-electron chi connectivity index (χ4n) is 4.10. The molecule has 0 bridgehead atoms. The topological polar surface area (TPSA) is 83.8 Å². The lowest BCUT2D eigenvalue weighted by Gasteiger charge is -2.33. The molecule has 0 radical (unpaired) electrons. The van der Waals surface area contributed by atoms with Gasteiger partial charge in [-0.2, -0.15) is 0 Å². The van der Waals surface area contributed by atoms with E-state index in [1.165, 1.54) is 0 Å². The molecule has 1 aliphatic rings. The zero-order valence-electron chi connectivity index (χ0n) is 15.6. The van der Waals surface area contributed by atoms with E-state index < -0.39 is 0 Å². The van der Waals surface area contributed by atoms with Crippen molar-refractivity contribution in [1.82, 2.24) is 9.97 Å². The number of aromatic amines is 1. The zero-order chi connectivity index (χ0) is 19.0. The van der Waals surface area contributed by atoms with Gasteiger partial charge < -0.3 is 20.8 Å². The first-order valence-electron chi connectivity index (χ1n) is 9.20. The third kappa shape index (κ3) is 3.33. The molecule has 4 N–H and O–H groups in total. The summed E-state index contributed by atoms with van der Waals surface area (Å²) in [6.07, 6.45) is 6.38. The smallest absolute Gasteiger partial charge is 0.127 e. The number of carbonyl (C=O) groups excluding carboxylic acids is 1. The SMILES string of the molecule is CC1(C)Cc2[nH]c(-c3ccncc3)c(Nc3cccc(N)c3)c2C(C=O)C1. The highest BCUT2D eigenvalue weighted by atomic mass is 16.1. The Hall–Kier alpha value is -3.08. The Kier molecular flexibility index (Phi) is 4.22. The molecule has 0 fully saturated rings. The van der Waals surface area contributed by atoms with Crippen molar-refractivity contribution in [3.8, 4) is 11.3 Å². The first-order chi connectivity index (χ1) is 13.0. The highest BCUT2D eigenvalue weighted by Crippen LogP contribution is 2.48. The Morgan fingerprint density at radius 1 is 1.26 bits per heavy atom. The molecule has 1 atom stereocenters. The van der Waals surface area contributed by atoms with Crippen LogP contribution in [0, 0.1) is 5.41 Å². The summed E-state index contributed by atoms with van der Waals surface area (Å²) in [5, 5.41) is 3.52. The molecule has 0 amide bonds. The van der Waals surface area contributed by atoms with Gasteiger partial charge in [0, 0.05) is 46.5 Å². The maximum Gasteiger partial charge on any atom is 0.127 e. The Bertz CT molecular complexity index is 975. The number of H-pyrrole nitrogens is 1. The molecule has 2 aromatic heterocycles. The highest BCUT2D eigenvalue weighted by molar-refractivity contribution is 5.86. The van der Waals surface area contributed by atoms with Gasteiger partial charge in [-0.15, -0.1) is 0 Å². The molecule has 5 nitrogen and oxygen atoms in total. The van der Waals surface area contributed by atoms with E-state index in [4.69, 9.17) is 5.73 Å². The fraction of sp³-hybridized carbons (Fsp3) is 0.273. The van der Waals surface area contributed by atoms with Gasteiger partial charge in [0.25, 0.3) is 0 Å². The number of hydrogen-bond donors (Lipinski definition) is 3. The lowest BCUT2D eigenvalue weighted by molar-refractivity contribution is -0.109. The molecular formula is C22H24N4O. The molecule has 1 unspecified atom stereocenters. The molecule has 0 spiro atoms. The number of fused-ring (bicyclic) bond motifs is 1. The second-order valence-corrected chi connectivity index (χ2v) is 8.04. The van der Waals surface area contributed by atoms with Crippen molar-refractivity contribution >= 4 is 23.3 Å². The first kappa shape index (κ1) is 17.3. The van der Waals surface area contributed by atoms with Crippen molar-refractivity contribution in [3.05, 3.63) is 60.0 Å². The van der Waals surface area contributed by atoms with Gasteiger partial charge in [-0.1, -0.05) is 19.9 Å². The maximum absolute atomic E-state index is 11.9. The number of nitrogens with two attached hydrogens (primary N) is 1. The Labute approximate surface area is 159 Å². The molecule has 1 aromatic carbocycles. The lowest BCUT2D eigenvalue weighted by atomic mass is 9.71. The third-order valence-electron chi connectivity index (χ3n) is 5.21. The highest BCUT2D eigenvalue weighted by Gasteiger charge is 2.36. The van der Waals surface area contributed by atoms with E-state index in [0.29, 0.717) is 5.69 Å². The average molecular weight is 360 g/mol. The van der Waals surface area contributed by atoms with E-state index in [2.05, 4.69) is 29.1 Å². The van der Waals surface area contributed by atoms with Crippen LogP contribution < -0.4 is 11.1 Å². The molecule has 3 aromatic rings. The van der Waals surface area contributed by atoms with Gasteiger partial charge >= 0.3 is 0 Å². The molecule has 0 aliphatic heterocycles. The van der Waals surface area contributed by atoms with Gasteiger partial charge in [-0.05, 0) is 48.6 Å². The molecule has 138 valence electrons. The standard InChI is InChI=1S/C22H24N4O/c1-22(2)11-15(13-27)19-18(12-22)26-20(14-6-8-24-9-7-14)21(19)25-17-5-3-4-16(23)10-17/h3-10,13,15,25-26H,11-12,23H2,1-2H3. The van der Waals surface area contributed by atoms with Crippen LogP contribution in [-0.2, 0) is 11.2 Å². The Morgan fingerprint density at radius 3 is 2.74 bits per heavy atom. The van der Waals surface area contributed by atoms with Crippen LogP contribution in [0.25, 0.3) is 11.3 Å². The van der Waals surface area contributed by atoms with Gasteiger partial charge in [0.2, 0.25) is 0 Å². The van der Waals surface area contributed by atoms with Crippen LogP contribution >= 0.6 is 0 Å². The molecule has 2 heterocycles. The van der Waals surface area contributed by atoms with E-state index in [0.717, 1.165) is 53.0 Å². The summed E-state index contributed by atoms with van der Waals surface area (Å²) in [4.78, 5) is 19.7. The summed E-state index contributed by atoms with van der Waals surface area (Å²) in [7, 11) is 0. The molecule has 1 aliphatic carbocycles. The maximum atomic E-state index is 11.9. The normalized spacial score (nSPS) is 17.9. The van der Waals surface area contributed by atoms with Crippen LogP contribution in [0.5, 0.6) is 0 Å². The summed E-state index contributed by atoms with van der Waals surface area (Å²) in [6.45, 7) is 4.43. The molecular weight excluding hydrogens is 336 g/mol. The van der Waals surface area contributed by atoms with Crippen molar-refractivity contribution in [2.24, 2.45) is 5.41 Å². The number of nitrogens with one attached hydrogen (secondary N) is 2. The van der Waals surface area contributed by atoms with E-state index in [9.17, 15) is 4.79 Å². The number of aldehydes is 1. The first-order valence-corrected chi connectivity index (χ1v) is 9.20. The van der Waals surface area contributed by atoms with E-state index in [1.54, 1.807) is 12.4 Å². The fourth-order valence-corrected chi connectivity index (χ4v) is 4.10. The number of benzene rings is 1. The van der Waals surface area contributed by atoms with Crippen LogP contribution in [0.15, 0.2) is 48.8 Å². The van der Waals surface area contributed by atoms with Gasteiger partial charge in [0.15, 0.2) is 0 Å². The number of aromatic nitrogens is 2. The Balaban J connectivity index is 1.89. The third-order valence-corrected chi connectivity index (χ3v) is 5.21. The molecule has 5 heteroatoms. The molecule has 0 saturated heterocycles. The van der Waals surface area contributed by atoms with Gasteiger partial charge in [0.05, 0.1) is 11.4 Å². The summed E-state index contributed by atoms with van der Waals surface area (Å²) < 4.78 is 0. The number of rotatable bonds is 4. The molecule has 0 saturated carbocycles. The van der Waals surface area contributed by atoms with E-state index in [1.807, 2.05) is 36.4 Å². The summed E-state index contributed by atoms with van der Waals surface area (Å²) in [5.41, 5.74) is 12.8. The number of hydrogen-bond acceptors (Lipinski definition) is 4. The number of anilines is 3. The van der Waals surface area contributed by atoms with Crippen LogP contribution in [0.4, 0.5) is 17.1 Å². The van der Waals surface area contributed by atoms with Crippen molar-refractivity contribution in [2.45, 2.75) is 32.6 Å². The monoisotopic (exact) mass is 360 g/mol. The van der Waals surface area contributed by atoms with Gasteiger partial charge in [-0.25, -0.2) is 0 Å². The molecule has 4 rings (SSSR count). The minimum Gasteiger partial charge on any atom is -0.399 e. The second-order valence-electron chi connectivity index (χ2n) is 8.04. The van der Waals surface area contributed by atoms with Gasteiger partial charge in [0.1, 0.15) is 6.29 Å². The summed E-state index contributed by atoms with van der Waals surface area (Å²) in [6, 6.07) is 11.6. The summed E-state index contributed by atoms with van der Waals surface area (Å²) in [5.74, 6) is -0.140. The van der Waals surface area contributed by atoms with Crippen molar-refractivity contribution in [1.29, 1.82) is 0 Å². The van der Waals surface area contributed by atoms with Gasteiger partial charge in [-0.3, -0.25) is 4.98 Å². The van der Waals surface area contributed by atoms with E-state index in [-0.39, 0.29) is 11.3 Å². The lowest BCUT2D eigenvalue weighted by Crippen LogP contribution is -2.26. The van der Waals surface area contributed by atoms with E-state index >= 15 is 0 Å². The largest absolute Gasteiger partial charge is 0.399 e. The van der Waals surface area contributed by atoms with Crippen molar-refractivity contribution < 1.29 is 4.79 Å². The van der Waals surface area contributed by atoms with Crippen LogP contribution in [0.3, 0.4) is 0 Å². The molecule has 27 heavy (non-hydrogen) atoms. The number of pyridine rings is 1. The predicted octanol–water partition coefficient (Wildman–Crippen LogP) is 4.66. The van der Waals surface area contributed by atoms with Crippen molar-refractivity contribution in [2.75, 3.05) is 11.1 Å². The number of carbonyl (C=O) groups is 1. The minimum absolute atomic E-state index is 0.0768. The number of nitrogens with zero attached hydrogens (tertiary/aromatic N) is 1. The van der Waals surface area contributed by atoms with Crippen LogP contribution in [0.2, 0.25) is 0 Å². The minimum atomic E-state index is -0.140. The average Bonchev–Trinajstić information content (AvgIpc) is 2.98. The summed E-state index contributed by atoms with van der Waals surface area (Å²) >= 11 is 0. The quantitative estimate of drug-likeness (QED) is 0.467. The predicted molar refractivity (Wildman–Crippen MR) is 109 cm³/mol. The van der Waals surface area contributed by atoms with Crippen LogP contribution in [0.1, 0.15) is 37.4 Å².